The number of benzene rings is 2. The number of halogens is 1. The van der Waals surface area contributed by atoms with E-state index >= 15 is 0 Å². The van der Waals surface area contributed by atoms with Gasteiger partial charge in [-0.15, -0.1) is 12.4 Å². The lowest BCUT2D eigenvalue weighted by molar-refractivity contribution is 0.174. The van der Waals surface area contributed by atoms with E-state index in [2.05, 4.69) is 17.4 Å². The van der Waals surface area contributed by atoms with Crippen molar-refractivity contribution in [3.63, 3.8) is 0 Å². The molecule has 22 heavy (non-hydrogen) atoms. The molecule has 0 fully saturated rings. The number of fused-ring (bicyclic) bond motifs is 1. The number of hydrogen-bond acceptors (Lipinski definition) is 4. The normalized spacial score (nSPS) is 13.5. The zero-order chi connectivity index (χ0) is 14.5. The molecule has 3 rings (SSSR count). The maximum Gasteiger partial charge on any atom is 0.231 e. The summed E-state index contributed by atoms with van der Waals surface area (Å²) < 4.78 is 10.8. The molecule has 0 aliphatic carbocycles. The van der Waals surface area contributed by atoms with E-state index in [0.29, 0.717) is 6.54 Å². The number of rotatable bonds is 6. The van der Waals surface area contributed by atoms with E-state index in [1.54, 1.807) is 0 Å². The van der Waals surface area contributed by atoms with E-state index in [1.807, 2.05) is 36.4 Å². The standard InChI is InChI=1S/C17H19NO3.ClH/c19-9-8-18-15(10-13-4-2-1-3-5-13)14-6-7-16-17(11-14)21-12-20-16;/h1-7,11,15,18-19H,8-10,12H2;1H. The molecule has 0 amide bonds. The van der Waals surface area contributed by atoms with Gasteiger partial charge in [-0.2, -0.15) is 0 Å². The lowest BCUT2D eigenvalue weighted by Gasteiger charge is -2.19. The first kappa shape index (κ1) is 16.6. The highest BCUT2D eigenvalue weighted by atomic mass is 35.5. The van der Waals surface area contributed by atoms with Crippen molar-refractivity contribution in [3.05, 3.63) is 59.7 Å². The molecule has 2 aromatic rings. The van der Waals surface area contributed by atoms with Gasteiger partial charge in [-0.1, -0.05) is 36.4 Å². The number of hydrogen-bond donors (Lipinski definition) is 2. The van der Waals surface area contributed by atoms with E-state index in [0.717, 1.165) is 23.5 Å². The molecule has 1 aliphatic heterocycles. The van der Waals surface area contributed by atoms with Crippen molar-refractivity contribution < 1.29 is 14.6 Å². The van der Waals surface area contributed by atoms with Crippen LogP contribution in [0.2, 0.25) is 0 Å². The van der Waals surface area contributed by atoms with Crippen LogP contribution in [0.1, 0.15) is 17.2 Å². The van der Waals surface area contributed by atoms with E-state index < -0.39 is 0 Å². The van der Waals surface area contributed by atoms with Crippen LogP contribution in [0.3, 0.4) is 0 Å². The van der Waals surface area contributed by atoms with Gasteiger partial charge in [0.2, 0.25) is 6.79 Å². The van der Waals surface area contributed by atoms with Gasteiger partial charge < -0.3 is 19.9 Å². The number of ether oxygens (including phenoxy) is 2. The van der Waals surface area contributed by atoms with Crippen molar-refractivity contribution in [3.8, 4) is 11.5 Å². The molecule has 1 unspecified atom stereocenters. The minimum Gasteiger partial charge on any atom is -0.454 e. The summed E-state index contributed by atoms with van der Waals surface area (Å²) in [5.41, 5.74) is 2.39. The first-order valence-electron chi connectivity index (χ1n) is 7.14. The van der Waals surface area contributed by atoms with Crippen LogP contribution in [0.15, 0.2) is 48.5 Å². The summed E-state index contributed by atoms with van der Waals surface area (Å²) in [5, 5.41) is 12.5. The molecule has 0 bridgehead atoms. The fourth-order valence-corrected chi connectivity index (χ4v) is 2.53. The fourth-order valence-electron chi connectivity index (χ4n) is 2.53. The van der Waals surface area contributed by atoms with Gasteiger partial charge in [0.15, 0.2) is 11.5 Å². The number of aliphatic hydroxyl groups excluding tert-OH is 1. The minimum atomic E-state index is 0. The second-order valence-corrected chi connectivity index (χ2v) is 5.03. The molecule has 0 spiro atoms. The summed E-state index contributed by atoms with van der Waals surface area (Å²) >= 11 is 0. The van der Waals surface area contributed by atoms with Gasteiger partial charge in [0.1, 0.15) is 0 Å². The maximum atomic E-state index is 9.08. The van der Waals surface area contributed by atoms with Crippen molar-refractivity contribution in [2.75, 3.05) is 19.9 Å². The molecule has 0 radical (unpaired) electrons. The summed E-state index contributed by atoms with van der Waals surface area (Å²) in [6.07, 6.45) is 0.862. The Labute approximate surface area is 136 Å². The molecule has 4 nitrogen and oxygen atoms in total. The zero-order valence-electron chi connectivity index (χ0n) is 12.2. The predicted octanol–water partition coefficient (Wildman–Crippen LogP) is 2.70. The maximum absolute atomic E-state index is 9.08. The third-order valence-corrected chi connectivity index (χ3v) is 3.58. The SMILES string of the molecule is Cl.OCCNC(Cc1ccccc1)c1ccc2c(c1)OCO2. The Hall–Kier alpha value is -1.75. The third-order valence-electron chi connectivity index (χ3n) is 3.58. The van der Waals surface area contributed by atoms with Crippen LogP contribution in [0.25, 0.3) is 0 Å². The second kappa shape index (κ2) is 8.03. The van der Waals surface area contributed by atoms with Crippen LogP contribution >= 0.6 is 12.4 Å². The van der Waals surface area contributed by atoms with E-state index in [1.165, 1.54) is 5.56 Å². The largest absolute Gasteiger partial charge is 0.454 e. The molecule has 0 saturated heterocycles. The Bertz CT molecular complexity index is 592. The van der Waals surface area contributed by atoms with Crippen LogP contribution < -0.4 is 14.8 Å². The highest BCUT2D eigenvalue weighted by Crippen LogP contribution is 2.34. The molecular formula is C17H20ClNO3. The summed E-state index contributed by atoms with van der Waals surface area (Å²) in [5.74, 6) is 1.58. The Morgan fingerprint density at radius 2 is 1.82 bits per heavy atom. The van der Waals surface area contributed by atoms with Gasteiger partial charge in [-0.05, 0) is 29.7 Å². The summed E-state index contributed by atoms with van der Waals surface area (Å²) in [4.78, 5) is 0. The quantitative estimate of drug-likeness (QED) is 0.859. The molecule has 1 atom stereocenters. The first-order valence-corrected chi connectivity index (χ1v) is 7.14. The summed E-state index contributed by atoms with van der Waals surface area (Å²) in [7, 11) is 0. The van der Waals surface area contributed by atoms with Crippen molar-refractivity contribution in [1.29, 1.82) is 0 Å². The molecule has 5 heteroatoms. The van der Waals surface area contributed by atoms with Crippen molar-refractivity contribution >= 4 is 12.4 Å². The fraction of sp³-hybridized carbons (Fsp3) is 0.294. The highest BCUT2D eigenvalue weighted by molar-refractivity contribution is 5.85. The molecule has 2 aromatic carbocycles. The number of nitrogens with one attached hydrogen (secondary N) is 1. The topological polar surface area (TPSA) is 50.7 Å². The number of aliphatic hydroxyl groups is 1. The molecule has 0 saturated carbocycles. The van der Waals surface area contributed by atoms with Crippen LogP contribution in [0, 0.1) is 0 Å². The Morgan fingerprint density at radius 1 is 1.05 bits per heavy atom. The third kappa shape index (κ3) is 3.91. The summed E-state index contributed by atoms with van der Waals surface area (Å²) in [6.45, 7) is 0.966. The van der Waals surface area contributed by atoms with Gasteiger partial charge >= 0.3 is 0 Å². The van der Waals surface area contributed by atoms with Crippen molar-refractivity contribution in [2.24, 2.45) is 0 Å². The average Bonchev–Trinajstić information content (AvgIpc) is 3.00. The molecular weight excluding hydrogens is 302 g/mol. The van der Waals surface area contributed by atoms with Gasteiger partial charge in [0.05, 0.1) is 6.61 Å². The Balaban J connectivity index is 0.00000176. The zero-order valence-corrected chi connectivity index (χ0v) is 13.0. The predicted molar refractivity (Wildman–Crippen MR) is 87.8 cm³/mol. The molecule has 1 aliphatic rings. The lowest BCUT2D eigenvalue weighted by Crippen LogP contribution is -2.26. The second-order valence-electron chi connectivity index (χ2n) is 5.03. The monoisotopic (exact) mass is 321 g/mol. The van der Waals surface area contributed by atoms with Crippen molar-refractivity contribution in [2.45, 2.75) is 12.5 Å². The Kier molecular flexibility index (Phi) is 6.07. The smallest absolute Gasteiger partial charge is 0.231 e. The van der Waals surface area contributed by atoms with E-state index in [4.69, 9.17) is 14.6 Å². The van der Waals surface area contributed by atoms with Gasteiger partial charge in [0, 0.05) is 12.6 Å². The van der Waals surface area contributed by atoms with Crippen molar-refractivity contribution in [1.82, 2.24) is 5.32 Å². The van der Waals surface area contributed by atoms with Gasteiger partial charge in [-0.25, -0.2) is 0 Å². The average molecular weight is 322 g/mol. The summed E-state index contributed by atoms with van der Waals surface area (Å²) in [6, 6.07) is 16.5. The lowest BCUT2D eigenvalue weighted by atomic mass is 9.98. The van der Waals surface area contributed by atoms with E-state index in [9.17, 15) is 0 Å². The minimum absolute atomic E-state index is 0. The van der Waals surface area contributed by atoms with Gasteiger partial charge in [-0.3, -0.25) is 0 Å². The van der Waals surface area contributed by atoms with Crippen LogP contribution in [0.4, 0.5) is 0 Å². The molecule has 2 N–H and O–H groups in total. The highest BCUT2D eigenvalue weighted by Gasteiger charge is 2.18. The van der Waals surface area contributed by atoms with Crippen LogP contribution in [0.5, 0.6) is 11.5 Å². The van der Waals surface area contributed by atoms with Crippen LogP contribution in [-0.2, 0) is 6.42 Å². The van der Waals surface area contributed by atoms with Gasteiger partial charge in [0.25, 0.3) is 0 Å². The molecule has 118 valence electrons. The molecule has 1 heterocycles. The van der Waals surface area contributed by atoms with E-state index in [-0.39, 0.29) is 31.8 Å². The van der Waals surface area contributed by atoms with Crippen LogP contribution in [-0.4, -0.2) is 25.1 Å². The first-order chi connectivity index (χ1) is 10.4. The molecule has 0 aromatic heterocycles. The Morgan fingerprint density at radius 3 is 2.59 bits per heavy atom.